The molecule has 76 valence electrons. The summed E-state index contributed by atoms with van der Waals surface area (Å²) in [5, 5.41) is 21.8. The lowest BCUT2D eigenvalue weighted by Gasteiger charge is -2.12. The monoisotopic (exact) mass is 190 g/mol. The third-order valence-electron chi connectivity index (χ3n) is 1.30. The maximum Gasteiger partial charge on any atom is 0.239 e. The summed E-state index contributed by atoms with van der Waals surface area (Å²) in [4.78, 5) is 21.3. The molecule has 13 heavy (non-hydrogen) atoms. The van der Waals surface area contributed by atoms with Crippen molar-refractivity contribution >= 4 is 11.8 Å². The Morgan fingerprint density at radius 3 is 2.23 bits per heavy atom. The Balaban J connectivity index is 3.66. The van der Waals surface area contributed by atoms with Crippen LogP contribution in [0.4, 0.5) is 0 Å². The molecule has 0 heterocycles. The van der Waals surface area contributed by atoms with Gasteiger partial charge in [0.2, 0.25) is 11.8 Å². The van der Waals surface area contributed by atoms with E-state index in [1.807, 2.05) is 0 Å². The zero-order valence-corrected chi connectivity index (χ0v) is 7.41. The molecule has 0 aromatic carbocycles. The van der Waals surface area contributed by atoms with Gasteiger partial charge < -0.3 is 20.8 Å². The van der Waals surface area contributed by atoms with Crippen LogP contribution in [0, 0.1) is 0 Å². The van der Waals surface area contributed by atoms with Crippen molar-refractivity contribution in [2.45, 2.75) is 13.0 Å². The number of hydrogen-bond donors (Lipinski definition) is 4. The normalized spacial score (nSPS) is 9.85. The summed E-state index contributed by atoms with van der Waals surface area (Å²) >= 11 is 0. The van der Waals surface area contributed by atoms with Crippen LogP contribution in [0.1, 0.15) is 6.92 Å². The summed E-state index contributed by atoms with van der Waals surface area (Å²) in [6, 6.07) is -0.666. The lowest BCUT2D eigenvalue weighted by atomic mass is 10.3. The molecule has 0 aliphatic rings. The van der Waals surface area contributed by atoms with E-state index < -0.39 is 11.9 Å². The molecule has 0 aliphatic carbocycles. The molecule has 0 radical (unpaired) electrons. The van der Waals surface area contributed by atoms with Gasteiger partial charge >= 0.3 is 0 Å². The lowest BCUT2D eigenvalue weighted by Crippen LogP contribution is -2.44. The van der Waals surface area contributed by atoms with Gasteiger partial charge in [0.15, 0.2) is 0 Å². The second-order valence-electron chi connectivity index (χ2n) is 2.54. The topological polar surface area (TPSA) is 98.7 Å². The van der Waals surface area contributed by atoms with Gasteiger partial charge in [-0.1, -0.05) is 0 Å². The molecule has 0 aromatic rings. The van der Waals surface area contributed by atoms with E-state index in [0.29, 0.717) is 0 Å². The molecule has 0 aromatic heterocycles. The van der Waals surface area contributed by atoms with Crippen molar-refractivity contribution in [3.8, 4) is 0 Å². The predicted octanol–water partition coefficient (Wildman–Crippen LogP) is -2.41. The minimum absolute atomic E-state index is 0.147. The fourth-order valence-corrected chi connectivity index (χ4v) is 0.632. The summed E-state index contributed by atoms with van der Waals surface area (Å²) in [7, 11) is 0. The van der Waals surface area contributed by atoms with Gasteiger partial charge in [0.1, 0.15) is 0 Å². The van der Waals surface area contributed by atoms with Gasteiger partial charge in [-0.25, -0.2) is 0 Å². The van der Waals surface area contributed by atoms with E-state index in [4.69, 9.17) is 10.2 Å². The average Bonchev–Trinajstić information content (AvgIpc) is 2.10. The molecule has 0 aliphatic heterocycles. The van der Waals surface area contributed by atoms with Crippen molar-refractivity contribution in [3.05, 3.63) is 0 Å². The molecule has 4 N–H and O–H groups in total. The zero-order valence-electron chi connectivity index (χ0n) is 7.41. The van der Waals surface area contributed by atoms with Crippen molar-refractivity contribution in [1.29, 1.82) is 0 Å². The Morgan fingerprint density at radius 2 is 1.85 bits per heavy atom. The summed E-state index contributed by atoms with van der Waals surface area (Å²) in [6.45, 7) is 0.485. The van der Waals surface area contributed by atoms with E-state index in [9.17, 15) is 9.59 Å². The molecule has 2 amide bonds. The minimum Gasteiger partial charge on any atom is -0.394 e. The Morgan fingerprint density at radius 1 is 1.31 bits per heavy atom. The Kier molecular flexibility index (Phi) is 5.82. The molecule has 0 rings (SSSR count). The van der Waals surface area contributed by atoms with E-state index in [2.05, 4.69) is 10.6 Å². The average molecular weight is 190 g/mol. The smallest absolute Gasteiger partial charge is 0.239 e. The van der Waals surface area contributed by atoms with Gasteiger partial charge in [-0.15, -0.1) is 0 Å². The van der Waals surface area contributed by atoms with Crippen LogP contribution in [0.5, 0.6) is 0 Å². The van der Waals surface area contributed by atoms with Crippen LogP contribution in [-0.2, 0) is 9.59 Å². The number of carbonyl (C=O) groups is 2. The van der Waals surface area contributed by atoms with E-state index in [1.54, 1.807) is 0 Å². The predicted molar refractivity (Wildman–Crippen MR) is 44.8 cm³/mol. The van der Waals surface area contributed by atoms with Gasteiger partial charge in [-0.3, -0.25) is 9.59 Å². The highest BCUT2D eigenvalue weighted by molar-refractivity contribution is 5.83. The van der Waals surface area contributed by atoms with Crippen LogP contribution in [0.3, 0.4) is 0 Å². The van der Waals surface area contributed by atoms with E-state index >= 15 is 0 Å². The fourth-order valence-electron chi connectivity index (χ4n) is 0.632. The largest absolute Gasteiger partial charge is 0.394 e. The number of aliphatic hydroxyl groups is 2. The van der Waals surface area contributed by atoms with Crippen LogP contribution < -0.4 is 10.6 Å². The van der Waals surface area contributed by atoms with Crippen molar-refractivity contribution in [1.82, 2.24) is 10.6 Å². The maximum absolute atomic E-state index is 10.9. The molecule has 0 saturated carbocycles. The molecule has 0 fully saturated rings. The lowest BCUT2D eigenvalue weighted by molar-refractivity contribution is -0.125. The molecule has 6 nitrogen and oxygen atoms in total. The van der Waals surface area contributed by atoms with Crippen LogP contribution in [0.2, 0.25) is 0 Å². The van der Waals surface area contributed by atoms with Crippen molar-refractivity contribution in [2.24, 2.45) is 0 Å². The Hall–Kier alpha value is -1.14. The first-order chi connectivity index (χ1) is 6.10. The van der Waals surface area contributed by atoms with Crippen LogP contribution >= 0.6 is 0 Å². The molecule has 0 unspecified atom stereocenters. The number of rotatable bonds is 5. The third kappa shape index (κ3) is 6.06. The Labute approximate surface area is 75.9 Å². The maximum atomic E-state index is 10.9. The van der Waals surface area contributed by atoms with Crippen molar-refractivity contribution in [3.63, 3.8) is 0 Å². The van der Waals surface area contributed by atoms with Gasteiger partial charge in [-0.2, -0.15) is 0 Å². The molecule has 0 atom stereocenters. The summed E-state index contributed by atoms with van der Waals surface area (Å²) < 4.78 is 0. The van der Waals surface area contributed by atoms with Crippen LogP contribution in [0.15, 0.2) is 0 Å². The number of carbonyl (C=O) groups excluding carboxylic acids is 2. The molecular weight excluding hydrogens is 176 g/mol. The highest BCUT2D eigenvalue weighted by atomic mass is 16.3. The highest BCUT2D eigenvalue weighted by Gasteiger charge is 2.09. The van der Waals surface area contributed by atoms with Crippen LogP contribution in [-0.4, -0.2) is 47.8 Å². The molecule has 0 bridgehead atoms. The molecular formula is C7H14N2O4. The first-order valence-corrected chi connectivity index (χ1v) is 3.85. The molecule has 0 saturated heterocycles. The van der Waals surface area contributed by atoms with Crippen LogP contribution in [0.25, 0.3) is 0 Å². The number of hydrogen-bond acceptors (Lipinski definition) is 4. The first kappa shape index (κ1) is 11.9. The van der Waals surface area contributed by atoms with Crippen molar-refractivity contribution < 1.29 is 19.8 Å². The minimum atomic E-state index is -0.666. The fraction of sp³-hybridized carbons (Fsp3) is 0.714. The summed E-state index contributed by atoms with van der Waals surface area (Å²) in [6.07, 6.45) is 0. The van der Waals surface area contributed by atoms with Crippen molar-refractivity contribution in [2.75, 3.05) is 19.8 Å². The van der Waals surface area contributed by atoms with Gasteiger partial charge in [0.05, 0.1) is 25.8 Å². The summed E-state index contributed by atoms with van der Waals surface area (Å²) in [5.41, 5.74) is 0. The summed E-state index contributed by atoms with van der Waals surface area (Å²) in [5.74, 6) is -0.747. The third-order valence-corrected chi connectivity index (χ3v) is 1.30. The standard InChI is InChI=1S/C7H14N2O4/c1-5(12)8-2-7(13)9-6(3-10)4-11/h6,10-11H,2-4H2,1H3,(H,8,12)(H,9,13). The number of aliphatic hydroxyl groups excluding tert-OH is 2. The number of nitrogens with one attached hydrogen (secondary N) is 2. The van der Waals surface area contributed by atoms with E-state index in [1.165, 1.54) is 6.92 Å². The van der Waals surface area contributed by atoms with Gasteiger partial charge in [0, 0.05) is 6.92 Å². The van der Waals surface area contributed by atoms with Gasteiger partial charge in [-0.05, 0) is 0 Å². The molecule has 0 spiro atoms. The van der Waals surface area contributed by atoms with E-state index in [0.717, 1.165) is 0 Å². The zero-order chi connectivity index (χ0) is 10.3. The van der Waals surface area contributed by atoms with E-state index in [-0.39, 0.29) is 25.7 Å². The SMILES string of the molecule is CC(=O)NCC(=O)NC(CO)CO. The second kappa shape index (κ2) is 6.38. The highest BCUT2D eigenvalue weighted by Crippen LogP contribution is 1.78. The number of amides is 2. The second-order valence-corrected chi connectivity index (χ2v) is 2.54. The Bertz CT molecular complexity index is 179. The first-order valence-electron chi connectivity index (χ1n) is 3.85. The van der Waals surface area contributed by atoms with Gasteiger partial charge in [0.25, 0.3) is 0 Å². The quantitative estimate of drug-likeness (QED) is 0.388. The molecule has 6 heteroatoms.